The first-order valence-corrected chi connectivity index (χ1v) is 8.72. The van der Waals surface area contributed by atoms with Crippen LogP contribution in [-0.4, -0.2) is 12.5 Å². The van der Waals surface area contributed by atoms with Crippen LogP contribution in [0.2, 0.25) is 0 Å². The Morgan fingerprint density at radius 1 is 0.923 bits per heavy atom. The highest BCUT2D eigenvalue weighted by Crippen LogP contribution is 2.23. The van der Waals surface area contributed by atoms with Crippen LogP contribution in [0.15, 0.2) is 77.3 Å². The van der Waals surface area contributed by atoms with Gasteiger partial charge in [-0.1, -0.05) is 40.2 Å². The van der Waals surface area contributed by atoms with Crippen molar-refractivity contribution in [1.29, 1.82) is 5.26 Å². The van der Waals surface area contributed by atoms with E-state index >= 15 is 0 Å². The molecule has 3 aromatic rings. The summed E-state index contributed by atoms with van der Waals surface area (Å²) in [5.74, 6) is 0.400. The predicted octanol–water partition coefficient (Wildman–Crippen LogP) is 5.01. The van der Waals surface area contributed by atoms with Gasteiger partial charge in [-0.3, -0.25) is 4.79 Å². The number of benzene rings is 3. The van der Waals surface area contributed by atoms with Crippen LogP contribution in [-0.2, 0) is 4.79 Å². The molecule has 0 spiro atoms. The molecular formula is C21H15BrN2O2. The summed E-state index contributed by atoms with van der Waals surface area (Å²) in [5, 5.41) is 11.6. The molecule has 0 atom stereocenters. The molecule has 0 bridgehead atoms. The van der Waals surface area contributed by atoms with E-state index in [0.29, 0.717) is 11.3 Å². The quantitative estimate of drug-likeness (QED) is 0.647. The van der Waals surface area contributed by atoms with Gasteiger partial charge in [0.05, 0.1) is 11.6 Å². The molecule has 4 nitrogen and oxygen atoms in total. The van der Waals surface area contributed by atoms with E-state index in [1.54, 1.807) is 12.1 Å². The Kier molecular flexibility index (Phi) is 5.67. The summed E-state index contributed by atoms with van der Waals surface area (Å²) in [6, 6.07) is 24.3. The minimum Gasteiger partial charge on any atom is -0.484 e. The van der Waals surface area contributed by atoms with Gasteiger partial charge >= 0.3 is 0 Å². The van der Waals surface area contributed by atoms with Gasteiger partial charge in [-0.2, -0.15) is 5.26 Å². The van der Waals surface area contributed by atoms with Gasteiger partial charge in [0.25, 0.3) is 5.91 Å². The van der Waals surface area contributed by atoms with Gasteiger partial charge in [-0.05, 0) is 59.7 Å². The SMILES string of the molecule is N#Cc1ccc(-c2ccc(OCC(=O)Nc3ccc(Br)cc3)cc2)cc1. The van der Waals surface area contributed by atoms with Crippen LogP contribution >= 0.6 is 15.9 Å². The van der Waals surface area contributed by atoms with Crippen LogP contribution in [0.3, 0.4) is 0 Å². The standard InChI is InChI=1S/C21H15BrN2O2/c22-18-7-9-19(10-8-18)24-21(25)14-26-20-11-5-17(6-12-20)16-3-1-15(13-23)2-4-16/h1-12H,14H2,(H,24,25). The highest BCUT2D eigenvalue weighted by molar-refractivity contribution is 9.10. The average molecular weight is 407 g/mol. The van der Waals surface area contributed by atoms with Crippen molar-refractivity contribution < 1.29 is 9.53 Å². The molecule has 3 aromatic carbocycles. The molecule has 0 radical (unpaired) electrons. The molecule has 0 heterocycles. The van der Waals surface area contributed by atoms with Crippen molar-refractivity contribution >= 4 is 27.5 Å². The third-order valence-electron chi connectivity index (χ3n) is 3.70. The van der Waals surface area contributed by atoms with Crippen LogP contribution in [0.25, 0.3) is 11.1 Å². The first-order valence-electron chi connectivity index (χ1n) is 7.93. The minimum atomic E-state index is -0.219. The lowest BCUT2D eigenvalue weighted by atomic mass is 10.0. The van der Waals surface area contributed by atoms with Gasteiger partial charge in [0, 0.05) is 10.2 Å². The van der Waals surface area contributed by atoms with Crippen LogP contribution in [0.4, 0.5) is 5.69 Å². The zero-order chi connectivity index (χ0) is 18.4. The van der Waals surface area contributed by atoms with E-state index in [0.717, 1.165) is 21.3 Å². The number of ether oxygens (including phenoxy) is 1. The second kappa shape index (κ2) is 8.32. The molecule has 0 aliphatic carbocycles. The first-order chi connectivity index (χ1) is 12.6. The Hall–Kier alpha value is -3.10. The molecule has 5 heteroatoms. The number of hydrogen-bond acceptors (Lipinski definition) is 3. The van der Waals surface area contributed by atoms with Gasteiger partial charge in [0.2, 0.25) is 0 Å². The van der Waals surface area contributed by atoms with E-state index in [1.807, 2.05) is 60.7 Å². The highest BCUT2D eigenvalue weighted by Gasteiger charge is 2.05. The van der Waals surface area contributed by atoms with Crippen LogP contribution < -0.4 is 10.1 Å². The molecular weight excluding hydrogens is 392 g/mol. The number of amides is 1. The number of rotatable bonds is 5. The number of nitriles is 1. The lowest BCUT2D eigenvalue weighted by Gasteiger charge is -2.08. The summed E-state index contributed by atoms with van der Waals surface area (Å²) in [6.07, 6.45) is 0. The van der Waals surface area contributed by atoms with Crippen molar-refractivity contribution in [2.75, 3.05) is 11.9 Å². The summed E-state index contributed by atoms with van der Waals surface area (Å²) < 4.78 is 6.48. The van der Waals surface area contributed by atoms with Crippen LogP contribution in [0, 0.1) is 11.3 Å². The number of hydrogen-bond donors (Lipinski definition) is 1. The number of nitrogens with one attached hydrogen (secondary N) is 1. The normalized spacial score (nSPS) is 10.0. The molecule has 0 unspecified atom stereocenters. The van der Waals surface area contributed by atoms with Crippen molar-refractivity contribution in [1.82, 2.24) is 0 Å². The largest absolute Gasteiger partial charge is 0.484 e. The lowest BCUT2D eigenvalue weighted by Crippen LogP contribution is -2.20. The van der Waals surface area contributed by atoms with Crippen molar-refractivity contribution in [3.63, 3.8) is 0 Å². The van der Waals surface area contributed by atoms with Gasteiger partial charge in [0.1, 0.15) is 5.75 Å². The summed E-state index contributed by atoms with van der Waals surface area (Å²) >= 11 is 3.35. The number of nitrogens with zero attached hydrogens (tertiary/aromatic N) is 1. The van der Waals surface area contributed by atoms with Crippen molar-refractivity contribution in [3.05, 3.63) is 82.8 Å². The Balaban J connectivity index is 1.56. The molecule has 26 heavy (non-hydrogen) atoms. The molecule has 0 aliphatic heterocycles. The second-order valence-electron chi connectivity index (χ2n) is 5.56. The zero-order valence-electron chi connectivity index (χ0n) is 13.8. The molecule has 0 saturated heterocycles. The molecule has 0 aromatic heterocycles. The maximum atomic E-state index is 11.9. The monoisotopic (exact) mass is 406 g/mol. The fourth-order valence-corrected chi connectivity index (χ4v) is 2.62. The van der Waals surface area contributed by atoms with E-state index in [4.69, 9.17) is 10.00 Å². The topological polar surface area (TPSA) is 62.1 Å². The number of halogens is 1. The van der Waals surface area contributed by atoms with Crippen molar-refractivity contribution in [3.8, 4) is 22.9 Å². The van der Waals surface area contributed by atoms with Gasteiger partial charge < -0.3 is 10.1 Å². The zero-order valence-corrected chi connectivity index (χ0v) is 15.4. The maximum absolute atomic E-state index is 11.9. The molecule has 3 rings (SSSR count). The molecule has 128 valence electrons. The van der Waals surface area contributed by atoms with E-state index in [1.165, 1.54) is 0 Å². The second-order valence-corrected chi connectivity index (χ2v) is 6.47. The summed E-state index contributed by atoms with van der Waals surface area (Å²) in [7, 11) is 0. The third-order valence-corrected chi connectivity index (χ3v) is 4.23. The Bertz CT molecular complexity index is 928. The summed E-state index contributed by atoms with van der Waals surface area (Å²) in [6.45, 7) is -0.0632. The molecule has 0 fully saturated rings. The Morgan fingerprint density at radius 2 is 1.50 bits per heavy atom. The molecule has 1 N–H and O–H groups in total. The fourth-order valence-electron chi connectivity index (χ4n) is 2.36. The summed E-state index contributed by atoms with van der Waals surface area (Å²) in [4.78, 5) is 11.9. The van der Waals surface area contributed by atoms with E-state index in [9.17, 15) is 4.79 Å². The number of anilines is 1. The van der Waals surface area contributed by atoms with Crippen LogP contribution in [0.1, 0.15) is 5.56 Å². The molecule has 0 aliphatic rings. The first kappa shape index (κ1) is 17.7. The summed E-state index contributed by atoms with van der Waals surface area (Å²) in [5.41, 5.74) is 3.38. The Labute approximate surface area is 160 Å². The van der Waals surface area contributed by atoms with Crippen LogP contribution in [0.5, 0.6) is 5.75 Å². The maximum Gasteiger partial charge on any atom is 0.262 e. The third kappa shape index (κ3) is 4.71. The smallest absolute Gasteiger partial charge is 0.262 e. The molecule has 0 saturated carbocycles. The minimum absolute atomic E-state index is 0.0632. The number of carbonyl (C=O) groups is 1. The Morgan fingerprint density at radius 3 is 2.08 bits per heavy atom. The average Bonchev–Trinajstić information content (AvgIpc) is 2.69. The van der Waals surface area contributed by atoms with Gasteiger partial charge in [0.15, 0.2) is 6.61 Å². The van der Waals surface area contributed by atoms with E-state index in [2.05, 4.69) is 27.3 Å². The number of carbonyl (C=O) groups excluding carboxylic acids is 1. The predicted molar refractivity (Wildman–Crippen MR) is 105 cm³/mol. The van der Waals surface area contributed by atoms with E-state index in [-0.39, 0.29) is 12.5 Å². The van der Waals surface area contributed by atoms with Crippen molar-refractivity contribution in [2.45, 2.75) is 0 Å². The van der Waals surface area contributed by atoms with Gasteiger partial charge in [-0.15, -0.1) is 0 Å². The highest BCUT2D eigenvalue weighted by atomic mass is 79.9. The van der Waals surface area contributed by atoms with E-state index < -0.39 is 0 Å². The fraction of sp³-hybridized carbons (Fsp3) is 0.0476. The molecule has 1 amide bonds. The lowest BCUT2D eigenvalue weighted by molar-refractivity contribution is -0.118. The van der Waals surface area contributed by atoms with Crippen molar-refractivity contribution in [2.24, 2.45) is 0 Å². The van der Waals surface area contributed by atoms with Gasteiger partial charge in [-0.25, -0.2) is 0 Å².